The Morgan fingerprint density at radius 3 is 2.52 bits per heavy atom. The lowest BCUT2D eigenvalue weighted by molar-refractivity contribution is 0.284. The van der Waals surface area contributed by atoms with Gasteiger partial charge >= 0.3 is 0 Å². The van der Waals surface area contributed by atoms with Gasteiger partial charge in [-0.2, -0.15) is 0 Å². The van der Waals surface area contributed by atoms with Gasteiger partial charge in [-0.15, -0.1) is 12.4 Å². The minimum Gasteiger partial charge on any atom is -0.493 e. The summed E-state index contributed by atoms with van der Waals surface area (Å²) in [4.78, 5) is 0. The number of rotatable bonds is 7. The van der Waals surface area contributed by atoms with E-state index in [1.807, 2.05) is 6.07 Å². The molecule has 1 aliphatic rings. The van der Waals surface area contributed by atoms with Gasteiger partial charge in [-0.3, -0.25) is 0 Å². The van der Waals surface area contributed by atoms with Gasteiger partial charge in [-0.25, -0.2) is 0 Å². The van der Waals surface area contributed by atoms with Crippen molar-refractivity contribution in [2.24, 2.45) is 0 Å². The van der Waals surface area contributed by atoms with Gasteiger partial charge in [0.2, 0.25) is 0 Å². The number of benzene rings is 2. The van der Waals surface area contributed by atoms with Crippen molar-refractivity contribution in [1.82, 2.24) is 5.32 Å². The highest BCUT2D eigenvalue weighted by Crippen LogP contribution is 2.29. The third-order valence-electron chi connectivity index (χ3n) is 4.65. The van der Waals surface area contributed by atoms with E-state index in [0.717, 1.165) is 18.0 Å². The third kappa shape index (κ3) is 5.65. The average molecular weight is 362 g/mol. The first kappa shape index (κ1) is 19.6. The van der Waals surface area contributed by atoms with Crippen LogP contribution in [-0.4, -0.2) is 13.2 Å². The van der Waals surface area contributed by atoms with Crippen LogP contribution >= 0.6 is 12.4 Å². The fourth-order valence-electron chi connectivity index (χ4n) is 3.30. The lowest BCUT2D eigenvalue weighted by atomic mass is 10.1. The number of methoxy groups -OCH3 is 1. The van der Waals surface area contributed by atoms with Crippen molar-refractivity contribution in [1.29, 1.82) is 0 Å². The molecular weight excluding hydrogens is 334 g/mol. The summed E-state index contributed by atoms with van der Waals surface area (Å²) in [5, 5.41) is 3.64. The molecule has 0 amide bonds. The molecule has 0 aromatic heterocycles. The van der Waals surface area contributed by atoms with Crippen LogP contribution in [0.5, 0.6) is 11.5 Å². The predicted octanol–water partition coefficient (Wildman–Crippen LogP) is 5.04. The molecule has 0 saturated heterocycles. The highest BCUT2D eigenvalue weighted by Gasteiger charge is 2.14. The summed E-state index contributed by atoms with van der Waals surface area (Å²) in [6, 6.07) is 15.3. The van der Waals surface area contributed by atoms with Gasteiger partial charge in [0, 0.05) is 12.6 Å². The van der Waals surface area contributed by atoms with Gasteiger partial charge in [-0.1, -0.05) is 48.7 Å². The van der Waals surface area contributed by atoms with E-state index >= 15 is 0 Å². The molecule has 0 unspecified atom stereocenters. The fraction of sp³-hybridized carbons (Fsp3) is 0.429. The Bertz CT molecular complexity index is 669. The molecule has 4 heteroatoms. The second-order valence-electron chi connectivity index (χ2n) is 6.63. The second-order valence-corrected chi connectivity index (χ2v) is 6.63. The summed E-state index contributed by atoms with van der Waals surface area (Å²) in [5.74, 6) is 1.59. The SMILES string of the molecule is COc1cc(CNC2CCCC2)ccc1OCc1cccc(C)c1.Cl. The molecule has 0 bridgehead atoms. The summed E-state index contributed by atoms with van der Waals surface area (Å²) in [6.45, 7) is 3.53. The first-order chi connectivity index (χ1) is 11.7. The van der Waals surface area contributed by atoms with Crippen LogP contribution < -0.4 is 14.8 Å². The predicted molar refractivity (Wildman–Crippen MR) is 105 cm³/mol. The van der Waals surface area contributed by atoms with E-state index in [4.69, 9.17) is 9.47 Å². The van der Waals surface area contributed by atoms with Crippen molar-refractivity contribution in [2.45, 2.75) is 51.8 Å². The largest absolute Gasteiger partial charge is 0.493 e. The molecule has 1 aliphatic carbocycles. The zero-order valence-corrected chi connectivity index (χ0v) is 15.9. The number of hydrogen-bond donors (Lipinski definition) is 1. The third-order valence-corrected chi connectivity index (χ3v) is 4.65. The zero-order chi connectivity index (χ0) is 16.8. The van der Waals surface area contributed by atoms with Crippen LogP contribution in [0.15, 0.2) is 42.5 Å². The average Bonchev–Trinajstić information content (AvgIpc) is 3.12. The molecular formula is C21H28ClNO2. The quantitative estimate of drug-likeness (QED) is 0.749. The van der Waals surface area contributed by atoms with Gasteiger partial charge < -0.3 is 14.8 Å². The molecule has 0 aliphatic heterocycles. The summed E-state index contributed by atoms with van der Waals surface area (Å²) in [6.07, 6.45) is 5.31. The molecule has 0 spiro atoms. The molecule has 1 fully saturated rings. The summed E-state index contributed by atoms with van der Waals surface area (Å²) in [5.41, 5.74) is 3.65. The number of aryl methyl sites for hydroxylation is 1. The van der Waals surface area contributed by atoms with Crippen molar-refractivity contribution in [2.75, 3.05) is 7.11 Å². The van der Waals surface area contributed by atoms with Crippen LogP contribution in [-0.2, 0) is 13.2 Å². The van der Waals surface area contributed by atoms with E-state index in [1.165, 1.54) is 42.4 Å². The van der Waals surface area contributed by atoms with Crippen LogP contribution in [0, 0.1) is 6.92 Å². The molecule has 1 saturated carbocycles. The Hall–Kier alpha value is -1.71. The Morgan fingerprint density at radius 1 is 1.00 bits per heavy atom. The standard InChI is InChI=1S/C21H27NO2.ClH/c1-16-6-5-7-18(12-16)15-24-20-11-10-17(13-21(20)23-2)14-22-19-8-3-4-9-19;/h5-7,10-13,19,22H,3-4,8-9,14-15H2,1-2H3;1H. The van der Waals surface area contributed by atoms with Crippen LogP contribution in [0.3, 0.4) is 0 Å². The highest BCUT2D eigenvalue weighted by molar-refractivity contribution is 5.85. The van der Waals surface area contributed by atoms with Gasteiger partial charge in [0.1, 0.15) is 6.61 Å². The maximum atomic E-state index is 5.96. The molecule has 0 radical (unpaired) electrons. The van der Waals surface area contributed by atoms with E-state index in [9.17, 15) is 0 Å². The maximum absolute atomic E-state index is 5.96. The lowest BCUT2D eigenvalue weighted by Gasteiger charge is -2.15. The second kappa shape index (κ2) is 9.69. The van der Waals surface area contributed by atoms with E-state index < -0.39 is 0 Å². The molecule has 2 aromatic carbocycles. The van der Waals surface area contributed by atoms with Crippen LogP contribution in [0.25, 0.3) is 0 Å². The summed E-state index contributed by atoms with van der Waals surface area (Å²) in [7, 11) is 1.70. The van der Waals surface area contributed by atoms with Gasteiger partial charge in [0.25, 0.3) is 0 Å². The van der Waals surface area contributed by atoms with E-state index in [-0.39, 0.29) is 12.4 Å². The Balaban J connectivity index is 0.00000225. The van der Waals surface area contributed by atoms with Crippen molar-refractivity contribution in [3.63, 3.8) is 0 Å². The van der Waals surface area contributed by atoms with Crippen LogP contribution in [0.4, 0.5) is 0 Å². The van der Waals surface area contributed by atoms with E-state index in [0.29, 0.717) is 12.6 Å². The molecule has 0 atom stereocenters. The first-order valence-corrected chi connectivity index (χ1v) is 8.83. The molecule has 1 N–H and O–H groups in total. The number of ether oxygens (including phenoxy) is 2. The molecule has 0 heterocycles. The minimum absolute atomic E-state index is 0. The highest BCUT2D eigenvalue weighted by atomic mass is 35.5. The molecule has 3 rings (SSSR count). The summed E-state index contributed by atoms with van der Waals surface area (Å²) < 4.78 is 11.5. The first-order valence-electron chi connectivity index (χ1n) is 8.83. The molecule has 136 valence electrons. The maximum Gasteiger partial charge on any atom is 0.161 e. The molecule has 3 nitrogen and oxygen atoms in total. The monoisotopic (exact) mass is 361 g/mol. The van der Waals surface area contributed by atoms with Gasteiger partial charge in [-0.05, 0) is 43.0 Å². The number of hydrogen-bond acceptors (Lipinski definition) is 3. The Kier molecular flexibility index (Phi) is 7.60. The fourth-order valence-corrected chi connectivity index (χ4v) is 3.30. The van der Waals surface area contributed by atoms with Crippen molar-refractivity contribution < 1.29 is 9.47 Å². The topological polar surface area (TPSA) is 30.5 Å². The number of nitrogens with one attached hydrogen (secondary N) is 1. The molecule has 2 aromatic rings. The van der Waals surface area contributed by atoms with Gasteiger partial charge in [0.15, 0.2) is 11.5 Å². The van der Waals surface area contributed by atoms with Crippen LogP contribution in [0.2, 0.25) is 0 Å². The van der Waals surface area contributed by atoms with E-state index in [1.54, 1.807) is 7.11 Å². The van der Waals surface area contributed by atoms with Crippen molar-refractivity contribution >= 4 is 12.4 Å². The zero-order valence-electron chi connectivity index (χ0n) is 15.1. The lowest BCUT2D eigenvalue weighted by Crippen LogP contribution is -2.25. The normalized spacial score (nSPS) is 14.2. The Morgan fingerprint density at radius 2 is 1.80 bits per heavy atom. The van der Waals surface area contributed by atoms with Crippen molar-refractivity contribution in [3.05, 3.63) is 59.2 Å². The Labute approximate surface area is 157 Å². The van der Waals surface area contributed by atoms with E-state index in [2.05, 4.69) is 48.6 Å². The smallest absolute Gasteiger partial charge is 0.161 e. The number of halogens is 1. The van der Waals surface area contributed by atoms with Gasteiger partial charge in [0.05, 0.1) is 7.11 Å². The summed E-state index contributed by atoms with van der Waals surface area (Å²) >= 11 is 0. The van der Waals surface area contributed by atoms with Crippen LogP contribution in [0.1, 0.15) is 42.4 Å². The van der Waals surface area contributed by atoms with Crippen molar-refractivity contribution in [3.8, 4) is 11.5 Å². The molecule has 25 heavy (non-hydrogen) atoms. The minimum atomic E-state index is 0.